The Labute approximate surface area is 140 Å². The first-order valence-electron chi connectivity index (χ1n) is 7.53. The van der Waals surface area contributed by atoms with E-state index in [0.717, 1.165) is 25.9 Å². The van der Waals surface area contributed by atoms with Gasteiger partial charge >= 0.3 is 5.69 Å². The van der Waals surface area contributed by atoms with Crippen LogP contribution in [0.5, 0.6) is 5.75 Å². The van der Waals surface area contributed by atoms with Gasteiger partial charge in [-0.2, -0.15) is 0 Å². The fourth-order valence-corrected chi connectivity index (χ4v) is 3.41. The Kier molecular flexibility index (Phi) is 5.43. The Balaban J connectivity index is 0.00000192. The number of nitrogens with one attached hydrogen (secondary N) is 1. The minimum atomic E-state index is -0.663. The summed E-state index contributed by atoms with van der Waals surface area (Å²) in [5.74, 6) is 0.621. The van der Waals surface area contributed by atoms with Gasteiger partial charge in [0.25, 0.3) is 5.91 Å². The molecule has 7 nitrogen and oxygen atoms in total. The van der Waals surface area contributed by atoms with Crippen LogP contribution in [0.4, 0.5) is 5.69 Å². The third kappa shape index (κ3) is 3.56. The van der Waals surface area contributed by atoms with Crippen LogP contribution in [0.25, 0.3) is 0 Å². The van der Waals surface area contributed by atoms with Gasteiger partial charge in [0.2, 0.25) is 0 Å². The summed E-state index contributed by atoms with van der Waals surface area (Å²) in [5.41, 5.74) is -0.0821. The summed E-state index contributed by atoms with van der Waals surface area (Å²) < 4.78 is 0. The SMILES string of the molecule is Cl.O=C(c1ccc([N+](=O)[O-])c(O)c1)N1CC[C@@H]2CNC[C@@H]2CC1. The van der Waals surface area contributed by atoms with E-state index in [1.807, 2.05) is 0 Å². The van der Waals surface area contributed by atoms with E-state index in [0.29, 0.717) is 30.5 Å². The summed E-state index contributed by atoms with van der Waals surface area (Å²) in [6.07, 6.45) is 1.95. The molecule has 2 fully saturated rings. The normalized spacial score (nSPS) is 23.6. The molecule has 0 unspecified atom stereocenters. The molecule has 2 aliphatic rings. The van der Waals surface area contributed by atoms with Gasteiger partial charge in [0.15, 0.2) is 5.75 Å². The number of amides is 1. The quantitative estimate of drug-likeness (QED) is 0.631. The number of halogens is 1. The Morgan fingerprint density at radius 3 is 2.39 bits per heavy atom. The van der Waals surface area contributed by atoms with Crippen LogP contribution < -0.4 is 5.32 Å². The Morgan fingerprint density at radius 1 is 1.26 bits per heavy atom. The van der Waals surface area contributed by atoms with Crippen molar-refractivity contribution in [2.24, 2.45) is 11.8 Å². The van der Waals surface area contributed by atoms with E-state index in [-0.39, 0.29) is 24.0 Å². The highest BCUT2D eigenvalue weighted by Crippen LogP contribution is 2.29. The molecule has 2 aliphatic heterocycles. The highest BCUT2D eigenvalue weighted by molar-refractivity contribution is 5.95. The topological polar surface area (TPSA) is 95.7 Å². The molecule has 0 saturated carbocycles. The molecule has 0 aromatic heterocycles. The number of phenolic OH excluding ortho intramolecular Hbond substituents is 1. The second kappa shape index (κ2) is 7.14. The van der Waals surface area contributed by atoms with Crippen LogP contribution in [0.3, 0.4) is 0 Å². The molecule has 2 atom stereocenters. The van der Waals surface area contributed by atoms with Crippen LogP contribution in [0, 0.1) is 22.0 Å². The van der Waals surface area contributed by atoms with Crippen LogP contribution in [-0.4, -0.2) is 47.0 Å². The summed E-state index contributed by atoms with van der Waals surface area (Å²) in [6.45, 7) is 3.43. The van der Waals surface area contributed by atoms with E-state index >= 15 is 0 Å². The maximum Gasteiger partial charge on any atom is 0.310 e. The second-order valence-electron chi connectivity index (χ2n) is 6.01. The lowest BCUT2D eigenvalue weighted by Crippen LogP contribution is -2.32. The average molecular weight is 342 g/mol. The molecule has 0 aliphatic carbocycles. The largest absolute Gasteiger partial charge is 0.502 e. The molecule has 2 saturated heterocycles. The molecule has 2 N–H and O–H groups in total. The van der Waals surface area contributed by atoms with E-state index in [2.05, 4.69) is 5.32 Å². The van der Waals surface area contributed by atoms with Crippen molar-refractivity contribution >= 4 is 24.0 Å². The third-order valence-electron chi connectivity index (χ3n) is 4.73. The van der Waals surface area contributed by atoms with Crippen molar-refractivity contribution in [2.75, 3.05) is 26.2 Å². The van der Waals surface area contributed by atoms with Gasteiger partial charge in [0.05, 0.1) is 4.92 Å². The Morgan fingerprint density at radius 2 is 1.87 bits per heavy atom. The van der Waals surface area contributed by atoms with Gasteiger partial charge in [-0.1, -0.05) is 0 Å². The summed E-state index contributed by atoms with van der Waals surface area (Å²) >= 11 is 0. The van der Waals surface area contributed by atoms with Crippen LogP contribution in [0.15, 0.2) is 18.2 Å². The first kappa shape index (κ1) is 17.5. The van der Waals surface area contributed by atoms with Crippen molar-refractivity contribution in [3.05, 3.63) is 33.9 Å². The standard InChI is InChI=1S/C15H19N3O4.ClH/c19-14-7-10(1-2-13(14)18(21)22)15(20)17-5-3-11-8-16-9-12(11)4-6-17;/h1-2,7,11-12,16,19H,3-6,8-9H2;1H/t11-,12+;. The zero-order valence-corrected chi connectivity index (χ0v) is 13.4. The third-order valence-corrected chi connectivity index (χ3v) is 4.73. The number of fused-ring (bicyclic) bond motifs is 1. The van der Waals surface area contributed by atoms with Gasteiger partial charge in [-0.15, -0.1) is 12.4 Å². The maximum absolute atomic E-state index is 12.5. The van der Waals surface area contributed by atoms with Crippen molar-refractivity contribution in [3.8, 4) is 5.75 Å². The maximum atomic E-state index is 12.5. The van der Waals surface area contributed by atoms with Crippen molar-refractivity contribution in [3.63, 3.8) is 0 Å². The first-order valence-corrected chi connectivity index (χ1v) is 7.53. The van der Waals surface area contributed by atoms with Gasteiger partial charge in [-0.05, 0) is 49.9 Å². The molecular formula is C15H20ClN3O4. The predicted octanol–water partition coefficient (Wildman–Crippen LogP) is 1.79. The molecular weight excluding hydrogens is 322 g/mol. The van der Waals surface area contributed by atoms with E-state index in [1.165, 1.54) is 18.2 Å². The molecule has 3 rings (SSSR count). The van der Waals surface area contributed by atoms with Crippen molar-refractivity contribution < 1.29 is 14.8 Å². The fourth-order valence-electron chi connectivity index (χ4n) is 3.41. The number of likely N-dealkylation sites (tertiary alicyclic amines) is 1. The lowest BCUT2D eigenvalue weighted by Gasteiger charge is -2.21. The number of carbonyl (C=O) groups is 1. The van der Waals surface area contributed by atoms with E-state index in [9.17, 15) is 20.0 Å². The lowest BCUT2D eigenvalue weighted by molar-refractivity contribution is -0.385. The molecule has 1 amide bonds. The van der Waals surface area contributed by atoms with Crippen LogP contribution in [0.2, 0.25) is 0 Å². The number of nitrogens with zero attached hydrogens (tertiary/aromatic N) is 2. The number of nitro groups is 1. The summed E-state index contributed by atoms with van der Waals surface area (Å²) in [6, 6.07) is 3.78. The van der Waals surface area contributed by atoms with Gasteiger partial charge in [0, 0.05) is 24.7 Å². The molecule has 2 heterocycles. The monoisotopic (exact) mass is 341 g/mol. The molecule has 0 bridgehead atoms. The molecule has 126 valence electrons. The van der Waals surface area contributed by atoms with Gasteiger partial charge in [0.1, 0.15) is 0 Å². The van der Waals surface area contributed by atoms with Crippen LogP contribution >= 0.6 is 12.4 Å². The van der Waals surface area contributed by atoms with Crippen LogP contribution in [0.1, 0.15) is 23.2 Å². The zero-order chi connectivity index (χ0) is 15.7. The van der Waals surface area contributed by atoms with Gasteiger partial charge in [-0.25, -0.2) is 0 Å². The number of benzene rings is 1. The Bertz CT molecular complexity index is 596. The number of aromatic hydroxyl groups is 1. The fraction of sp³-hybridized carbons (Fsp3) is 0.533. The minimum absolute atomic E-state index is 0. The molecule has 1 aromatic rings. The number of phenols is 1. The average Bonchev–Trinajstić information content (AvgIpc) is 2.85. The first-order chi connectivity index (χ1) is 10.6. The van der Waals surface area contributed by atoms with Crippen molar-refractivity contribution in [1.82, 2.24) is 10.2 Å². The number of hydrogen-bond acceptors (Lipinski definition) is 5. The summed E-state index contributed by atoms with van der Waals surface area (Å²) in [5, 5.41) is 23.8. The smallest absolute Gasteiger partial charge is 0.310 e. The molecule has 0 radical (unpaired) electrons. The minimum Gasteiger partial charge on any atom is -0.502 e. The van der Waals surface area contributed by atoms with Gasteiger partial charge in [-0.3, -0.25) is 14.9 Å². The number of hydrogen-bond donors (Lipinski definition) is 2. The predicted molar refractivity (Wildman–Crippen MR) is 87.0 cm³/mol. The van der Waals surface area contributed by atoms with Crippen molar-refractivity contribution in [1.29, 1.82) is 0 Å². The van der Waals surface area contributed by atoms with Crippen LogP contribution in [-0.2, 0) is 0 Å². The second-order valence-corrected chi connectivity index (χ2v) is 6.01. The Hall–Kier alpha value is -1.86. The lowest BCUT2D eigenvalue weighted by atomic mass is 9.92. The van der Waals surface area contributed by atoms with Gasteiger partial charge < -0.3 is 15.3 Å². The highest BCUT2D eigenvalue weighted by Gasteiger charge is 2.32. The van der Waals surface area contributed by atoms with Crippen molar-refractivity contribution in [2.45, 2.75) is 12.8 Å². The highest BCUT2D eigenvalue weighted by atomic mass is 35.5. The number of carbonyl (C=O) groups excluding carboxylic acids is 1. The number of rotatable bonds is 2. The summed E-state index contributed by atoms with van der Waals surface area (Å²) in [7, 11) is 0. The van der Waals surface area contributed by atoms with E-state index < -0.39 is 10.7 Å². The summed E-state index contributed by atoms with van der Waals surface area (Å²) in [4.78, 5) is 24.4. The molecule has 23 heavy (non-hydrogen) atoms. The van der Waals surface area contributed by atoms with E-state index in [4.69, 9.17) is 0 Å². The number of nitro benzene ring substituents is 1. The molecule has 0 spiro atoms. The molecule has 8 heteroatoms. The molecule has 1 aromatic carbocycles. The van der Waals surface area contributed by atoms with E-state index in [1.54, 1.807) is 4.90 Å². The zero-order valence-electron chi connectivity index (χ0n) is 12.6.